The Labute approximate surface area is 252 Å². The predicted molar refractivity (Wildman–Crippen MR) is 169 cm³/mol. The number of fused-ring (bicyclic) bond motifs is 3. The van der Waals surface area contributed by atoms with E-state index in [0.717, 1.165) is 45.9 Å². The number of benzene rings is 2. The van der Waals surface area contributed by atoms with Gasteiger partial charge in [-0.25, -0.2) is 4.98 Å². The number of aromatic nitrogens is 4. The van der Waals surface area contributed by atoms with Gasteiger partial charge in [0.15, 0.2) is 5.69 Å². The number of nitrogens with zero attached hydrogens (tertiary/aromatic N) is 4. The standard InChI is InChI=1S/C34H37N7O2/c1-4-43-32-27-21-41(34(42)31-28(35-2)11-8-17-37-31)18-16-26(27)30-29(32)33(36-3)40-39-20-25(19-38-30)24-14-12-23(13-15-24)22-9-6-5-7-10-22/h5-15,17,19-20,26-27,32,35-36,40H,4,16,18,21H2,1-3H3. The number of anilines is 2. The largest absolute Gasteiger partial charge is 0.386 e. The van der Waals surface area contributed by atoms with Gasteiger partial charge in [0.05, 0.1) is 23.7 Å². The zero-order chi connectivity index (χ0) is 29.8. The van der Waals surface area contributed by atoms with Crippen LogP contribution in [0.5, 0.6) is 0 Å². The number of hydrogen-bond acceptors (Lipinski definition) is 7. The van der Waals surface area contributed by atoms with Crippen LogP contribution in [0.3, 0.4) is 0 Å². The first-order valence-electron chi connectivity index (χ1n) is 14.8. The molecule has 0 radical (unpaired) electrons. The number of likely N-dealkylation sites (tertiary alicyclic amines) is 1. The van der Waals surface area contributed by atoms with Gasteiger partial charge in [0, 0.05) is 69.1 Å². The molecular weight excluding hydrogens is 538 g/mol. The second-order valence-corrected chi connectivity index (χ2v) is 10.8. The van der Waals surface area contributed by atoms with Crippen molar-refractivity contribution in [3.63, 3.8) is 0 Å². The van der Waals surface area contributed by atoms with Crippen molar-refractivity contribution in [2.24, 2.45) is 5.92 Å². The highest BCUT2D eigenvalue weighted by molar-refractivity contribution is 5.97. The number of rotatable bonds is 7. The SMILES string of the molecule is CCOC1c2c(ncc(-c3ccc(-c4ccccc4)cc3)cn[nH]c2NC)C2CCN(C(=O)c3ncccc3NC)CC21. The van der Waals surface area contributed by atoms with Gasteiger partial charge in [-0.15, -0.1) is 0 Å². The van der Waals surface area contributed by atoms with Gasteiger partial charge in [-0.2, -0.15) is 5.10 Å². The molecule has 3 atom stereocenters. The van der Waals surface area contributed by atoms with E-state index in [2.05, 4.69) is 62.2 Å². The number of piperidine rings is 1. The molecule has 4 aromatic rings. The molecule has 2 aliphatic rings. The van der Waals surface area contributed by atoms with Crippen molar-refractivity contribution < 1.29 is 9.53 Å². The first-order valence-corrected chi connectivity index (χ1v) is 14.8. The van der Waals surface area contributed by atoms with Crippen molar-refractivity contribution in [1.82, 2.24) is 25.1 Å². The molecule has 0 spiro atoms. The molecule has 3 N–H and O–H groups in total. The number of ether oxygens (including phenoxy) is 1. The Morgan fingerprint density at radius 3 is 2.40 bits per heavy atom. The van der Waals surface area contributed by atoms with Crippen LogP contribution in [0.15, 0.2) is 85.3 Å². The van der Waals surface area contributed by atoms with Gasteiger partial charge in [0.1, 0.15) is 5.82 Å². The highest BCUT2D eigenvalue weighted by Crippen LogP contribution is 2.51. The minimum absolute atomic E-state index is 0.0451. The number of nitrogens with one attached hydrogen (secondary N) is 3. The van der Waals surface area contributed by atoms with Crippen molar-refractivity contribution in [1.29, 1.82) is 0 Å². The lowest BCUT2D eigenvalue weighted by molar-refractivity contribution is -0.00344. The number of carbonyl (C=O) groups excluding carboxylic acids is 1. The smallest absolute Gasteiger partial charge is 0.274 e. The third-order valence-electron chi connectivity index (χ3n) is 8.44. The molecule has 1 aliphatic carbocycles. The number of amides is 1. The minimum atomic E-state index is -0.248. The molecular formula is C34H37N7O2. The summed E-state index contributed by atoms with van der Waals surface area (Å²) in [5, 5.41) is 14.2. The summed E-state index contributed by atoms with van der Waals surface area (Å²) in [4.78, 5) is 25.1. The Morgan fingerprint density at radius 1 is 0.930 bits per heavy atom. The van der Waals surface area contributed by atoms with Crippen LogP contribution in [0.4, 0.5) is 11.5 Å². The Kier molecular flexibility index (Phi) is 8.33. The van der Waals surface area contributed by atoms with Gasteiger partial charge >= 0.3 is 0 Å². The quantitative estimate of drug-likeness (QED) is 0.245. The topological polar surface area (TPSA) is 108 Å². The van der Waals surface area contributed by atoms with Crippen LogP contribution in [-0.4, -0.2) is 64.8 Å². The molecule has 2 aromatic carbocycles. The molecule has 0 saturated carbocycles. The van der Waals surface area contributed by atoms with Crippen LogP contribution in [0.2, 0.25) is 0 Å². The van der Waals surface area contributed by atoms with Crippen molar-refractivity contribution in [3.8, 4) is 22.3 Å². The molecule has 2 aromatic heterocycles. The number of carbonyl (C=O) groups is 1. The molecule has 1 aliphatic heterocycles. The Hall–Kier alpha value is -4.76. The second kappa shape index (κ2) is 12.6. The van der Waals surface area contributed by atoms with Gasteiger partial charge < -0.3 is 20.3 Å². The summed E-state index contributed by atoms with van der Waals surface area (Å²) < 4.78 is 6.40. The number of hydrogen-bond donors (Lipinski definition) is 3. The summed E-state index contributed by atoms with van der Waals surface area (Å²) in [6.07, 6.45) is 5.90. The Balaban J connectivity index is 1.36. The highest BCUT2D eigenvalue weighted by Gasteiger charge is 2.47. The summed E-state index contributed by atoms with van der Waals surface area (Å²) in [7, 11) is 3.68. The lowest BCUT2D eigenvalue weighted by Crippen LogP contribution is -2.43. The molecule has 3 heterocycles. The third-order valence-corrected chi connectivity index (χ3v) is 8.44. The van der Waals surface area contributed by atoms with Crippen molar-refractivity contribution in [3.05, 3.63) is 102 Å². The highest BCUT2D eigenvalue weighted by atomic mass is 16.5. The summed E-state index contributed by atoms with van der Waals surface area (Å²) in [6, 6.07) is 22.5. The van der Waals surface area contributed by atoms with Crippen LogP contribution in [0.1, 0.15) is 47.1 Å². The maximum absolute atomic E-state index is 13.6. The van der Waals surface area contributed by atoms with E-state index >= 15 is 0 Å². The number of H-pyrrole nitrogens is 1. The first-order chi connectivity index (χ1) is 21.1. The van der Waals surface area contributed by atoms with Gasteiger partial charge in [-0.1, -0.05) is 54.6 Å². The van der Waals surface area contributed by atoms with Crippen LogP contribution in [0, 0.1) is 5.92 Å². The lowest BCUT2D eigenvalue weighted by atomic mass is 9.86. The molecule has 6 rings (SSSR count). The lowest BCUT2D eigenvalue weighted by Gasteiger charge is -2.37. The second-order valence-electron chi connectivity index (χ2n) is 10.8. The van der Waals surface area contributed by atoms with E-state index in [0.29, 0.717) is 25.4 Å². The first kappa shape index (κ1) is 28.4. The Bertz CT molecular complexity index is 1640. The maximum atomic E-state index is 13.6. The average Bonchev–Trinajstić information content (AvgIpc) is 3.40. The summed E-state index contributed by atoms with van der Waals surface area (Å²) in [5.74, 6) is 0.860. The van der Waals surface area contributed by atoms with E-state index < -0.39 is 0 Å². The van der Waals surface area contributed by atoms with E-state index in [1.165, 1.54) is 5.56 Å². The molecule has 1 amide bonds. The molecule has 43 heavy (non-hydrogen) atoms. The van der Waals surface area contributed by atoms with Gasteiger partial charge in [-0.3, -0.25) is 14.9 Å². The minimum Gasteiger partial charge on any atom is -0.386 e. The molecule has 1 saturated heterocycles. The molecule has 9 heteroatoms. The van der Waals surface area contributed by atoms with E-state index in [-0.39, 0.29) is 23.8 Å². The fourth-order valence-electron chi connectivity index (χ4n) is 6.35. The predicted octanol–water partition coefficient (Wildman–Crippen LogP) is 6.08. The normalized spacial score (nSPS) is 18.8. The van der Waals surface area contributed by atoms with E-state index in [1.807, 2.05) is 55.4 Å². The molecule has 0 bridgehead atoms. The number of pyridine rings is 1. The molecule has 9 nitrogen and oxygen atoms in total. The van der Waals surface area contributed by atoms with Gasteiger partial charge in [0.25, 0.3) is 5.91 Å². The average molecular weight is 576 g/mol. The number of aromatic amines is 1. The van der Waals surface area contributed by atoms with Crippen molar-refractivity contribution >= 4 is 17.4 Å². The van der Waals surface area contributed by atoms with Crippen LogP contribution < -0.4 is 10.6 Å². The van der Waals surface area contributed by atoms with Crippen molar-refractivity contribution in [2.75, 3.05) is 44.4 Å². The maximum Gasteiger partial charge on any atom is 0.274 e. The zero-order valence-corrected chi connectivity index (χ0v) is 24.7. The fraction of sp³-hybridized carbons (Fsp3) is 0.294. The third kappa shape index (κ3) is 5.56. The zero-order valence-electron chi connectivity index (χ0n) is 24.7. The van der Waals surface area contributed by atoms with Crippen LogP contribution >= 0.6 is 0 Å². The van der Waals surface area contributed by atoms with E-state index in [4.69, 9.17) is 9.72 Å². The fourth-order valence-corrected chi connectivity index (χ4v) is 6.35. The summed E-state index contributed by atoms with van der Waals surface area (Å²) in [6.45, 7) is 3.70. The van der Waals surface area contributed by atoms with Gasteiger partial charge in [0.2, 0.25) is 0 Å². The summed E-state index contributed by atoms with van der Waals surface area (Å²) in [5.41, 5.74) is 7.36. The molecule has 3 unspecified atom stereocenters. The van der Waals surface area contributed by atoms with Crippen LogP contribution in [0.25, 0.3) is 22.3 Å². The van der Waals surface area contributed by atoms with E-state index in [1.54, 1.807) is 19.4 Å². The summed E-state index contributed by atoms with van der Waals surface area (Å²) >= 11 is 0. The van der Waals surface area contributed by atoms with Crippen LogP contribution in [-0.2, 0) is 4.74 Å². The van der Waals surface area contributed by atoms with Crippen molar-refractivity contribution in [2.45, 2.75) is 25.4 Å². The Morgan fingerprint density at radius 2 is 1.67 bits per heavy atom. The monoisotopic (exact) mass is 575 g/mol. The van der Waals surface area contributed by atoms with E-state index in [9.17, 15) is 4.79 Å². The molecule has 1 fully saturated rings. The molecule has 220 valence electrons. The van der Waals surface area contributed by atoms with Gasteiger partial charge in [-0.05, 0) is 42.2 Å².